The first-order chi connectivity index (χ1) is 12.5. The van der Waals surface area contributed by atoms with Crippen LogP contribution >= 0.6 is 11.3 Å². The average molecular weight is 370 g/mol. The molecule has 3 nitrogen and oxygen atoms in total. The highest BCUT2D eigenvalue weighted by Gasteiger charge is 2.54. The number of halogens is 1. The Kier molecular flexibility index (Phi) is 3.71. The average Bonchev–Trinajstić information content (AvgIpc) is 2.94. The summed E-state index contributed by atoms with van der Waals surface area (Å²) in [6, 6.07) is 6.37. The van der Waals surface area contributed by atoms with Crippen molar-refractivity contribution in [3.8, 4) is 11.3 Å². The molecular formula is C21H23FN2OS. The van der Waals surface area contributed by atoms with Crippen molar-refractivity contribution in [2.45, 2.75) is 45.4 Å². The van der Waals surface area contributed by atoms with Crippen LogP contribution in [0.4, 0.5) is 9.52 Å². The number of thiazole rings is 1. The first-order valence-electron chi connectivity index (χ1n) is 9.55. The Balaban J connectivity index is 1.38. The fourth-order valence-electron chi connectivity index (χ4n) is 5.94. The zero-order valence-corrected chi connectivity index (χ0v) is 15.7. The molecule has 26 heavy (non-hydrogen) atoms. The van der Waals surface area contributed by atoms with Crippen LogP contribution in [0.25, 0.3) is 11.3 Å². The predicted molar refractivity (Wildman–Crippen MR) is 101 cm³/mol. The highest BCUT2D eigenvalue weighted by molar-refractivity contribution is 7.16. The van der Waals surface area contributed by atoms with Crippen LogP contribution in [0.3, 0.4) is 0 Å². The monoisotopic (exact) mass is 370 g/mol. The van der Waals surface area contributed by atoms with Gasteiger partial charge in [0.05, 0.1) is 11.1 Å². The van der Waals surface area contributed by atoms with Crippen LogP contribution in [0.1, 0.15) is 43.4 Å². The van der Waals surface area contributed by atoms with E-state index in [1.807, 2.05) is 6.92 Å². The van der Waals surface area contributed by atoms with Gasteiger partial charge in [0, 0.05) is 10.4 Å². The van der Waals surface area contributed by atoms with Crippen LogP contribution in [-0.2, 0) is 4.79 Å². The summed E-state index contributed by atoms with van der Waals surface area (Å²) in [5, 5.41) is 3.80. The van der Waals surface area contributed by atoms with E-state index < -0.39 is 0 Å². The van der Waals surface area contributed by atoms with Crippen LogP contribution in [0.15, 0.2) is 24.3 Å². The third-order valence-corrected chi connectivity index (χ3v) is 7.54. The Morgan fingerprint density at radius 1 is 1.12 bits per heavy atom. The second-order valence-electron chi connectivity index (χ2n) is 8.58. The minimum absolute atomic E-state index is 0.162. The summed E-state index contributed by atoms with van der Waals surface area (Å²) < 4.78 is 13.2. The predicted octanol–water partition coefficient (Wildman–Crippen LogP) is 5.41. The van der Waals surface area contributed by atoms with Crippen LogP contribution in [0.5, 0.6) is 0 Å². The SMILES string of the molecule is Cc1sc(NC(=O)C23CC4CC(CC(C4)C2)C3)nc1-c1ccc(F)cc1. The number of carbonyl (C=O) groups excluding carboxylic acids is 1. The quantitative estimate of drug-likeness (QED) is 0.785. The molecule has 2 aromatic rings. The lowest BCUT2D eigenvalue weighted by Crippen LogP contribution is -2.51. The number of anilines is 1. The molecule has 136 valence electrons. The molecule has 1 amide bonds. The maximum absolute atomic E-state index is 13.2. The summed E-state index contributed by atoms with van der Waals surface area (Å²) in [6.07, 6.45) is 7.16. The lowest BCUT2D eigenvalue weighted by Gasteiger charge is -2.55. The third-order valence-electron chi connectivity index (χ3n) is 6.65. The summed E-state index contributed by atoms with van der Waals surface area (Å²) in [7, 11) is 0. The summed E-state index contributed by atoms with van der Waals surface area (Å²) in [5.41, 5.74) is 1.55. The van der Waals surface area contributed by atoms with Crippen LogP contribution in [-0.4, -0.2) is 10.9 Å². The molecule has 1 aromatic heterocycles. The van der Waals surface area contributed by atoms with Crippen LogP contribution in [0.2, 0.25) is 0 Å². The molecule has 0 saturated heterocycles. The Morgan fingerprint density at radius 2 is 1.69 bits per heavy atom. The molecule has 1 N–H and O–H groups in total. The maximum atomic E-state index is 13.2. The van der Waals surface area contributed by atoms with Crippen LogP contribution in [0, 0.1) is 35.9 Å². The van der Waals surface area contributed by atoms with Crippen molar-refractivity contribution in [1.29, 1.82) is 0 Å². The van der Waals surface area contributed by atoms with Gasteiger partial charge in [-0.15, -0.1) is 11.3 Å². The number of aryl methyl sites for hydroxylation is 1. The Hall–Kier alpha value is -1.75. The topological polar surface area (TPSA) is 42.0 Å². The van der Waals surface area contributed by atoms with Crippen molar-refractivity contribution in [3.63, 3.8) is 0 Å². The van der Waals surface area contributed by atoms with Gasteiger partial charge in [0.2, 0.25) is 5.91 Å². The van der Waals surface area contributed by atoms with Gasteiger partial charge in [0.1, 0.15) is 5.82 Å². The Bertz CT molecular complexity index is 822. The normalized spacial score (nSPS) is 32.0. The molecular weight excluding hydrogens is 347 g/mol. The molecule has 4 saturated carbocycles. The van der Waals surface area contributed by atoms with Gasteiger partial charge in [-0.05, 0) is 87.5 Å². The number of hydrogen-bond donors (Lipinski definition) is 1. The zero-order chi connectivity index (χ0) is 17.9. The summed E-state index contributed by atoms with van der Waals surface area (Å²) >= 11 is 1.51. The highest BCUT2D eigenvalue weighted by Crippen LogP contribution is 2.60. The maximum Gasteiger partial charge on any atom is 0.232 e. The van der Waals surface area contributed by atoms with E-state index in [0.29, 0.717) is 5.13 Å². The molecule has 5 heteroatoms. The minimum Gasteiger partial charge on any atom is -0.301 e. The third kappa shape index (κ3) is 2.68. The van der Waals surface area contributed by atoms with E-state index in [2.05, 4.69) is 10.3 Å². The molecule has 0 atom stereocenters. The second-order valence-corrected chi connectivity index (χ2v) is 9.79. The van der Waals surface area contributed by atoms with Crippen molar-refractivity contribution < 1.29 is 9.18 Å². The number of amides is 1. The van der Waals surface area contributed by atoms with Gasteiger partial charge in [-0.2, -0.15) is 0 Å². The molecule has 4 aliphatic carbocycles. The highest BCUT2D eigenvalue weighted by atomic mass is 32.1. The van der Waals surface area contributed by atoms with Crippen molar-refractivity contribution >= 4 is 22.4 Å². The molecule has 0 aliphatic heterocycles. The molecule has 0 spiro atoms. The molecule has 4 fully saturated rings. The largest absolute Gasteiger partial charge is 0.301 e. The molecule has 4 bridgehead atoms. The number of carbonyl (C=O) groups is 1. The molecule has 1 heterocycles. The molecule has 0 radical (unpaired) electrons. The molecule has 4 aliphatic rings. The molecule has 1 aromatic carbocycles. The number of benzene rings is 1. The van der Waals surface area contributed by atoms with Crippen molar-refractivity contribution in [3.05, 3.63) is 35.0 Å². The van der Waals surface area contributed by atoms with E-state index in [1.54, 1.807) is 12.1 Å². The number of nitrogens with one attached hydrogen (secondary N) is 1. The van der Waals surface area contributed by atoms with Gasteiger partial charge in [-0.3, -0.25) is 4.79 Å². The minimum atomic E-state index is -0.253. The Labute approximate surface area is 157 Å². The molecule has 0 unspecified atom stereocenters. The van der Waals surface area contributed by atoms with Gasteiger partial charge in [0.25, 0.3) is 0 Å². The van der Waals surface area contributed by atoms with Gasteiger partial charge in [-0.25, -0.2) is 9.37 Å². The van der Waals surface area contributed by atoms with Gasteiger partial charge < -0.3 is 5.32 Å². The zero-order valence-electron chi connectivity index (χ0n) is 14.9. The number of hydrogen-bond acceptors (Lipinski definition) is 3. The number of aromatic nitrogens is 1. The van der Waals surface area contributed by atoms with Gasteiger partial charge >= 0.3 is 0 Å². The van der Waals surface area contributed by atoms with E-state index in [-0.39, 0.29) is 17.1 Å². The number of rotatable bonds is 3. The van der Waals surface area contributed by atoms with E-state index in [0.717, 1.165) is 53.2 Å². The first kappa shape index (κ1) is 16.4. The standard InChI is InChI=1S/C21H23FN2OS/c1-12-18(16-2-4-17(22)5-3-16)23-20(26-12)24-19(25)21-9-13-6-14(10-21)8-15(7-13)11-21/h2-5,13-15H,6-11H2,1H3,(H,23,24,25). The van der Waals surface area contributed by atoms with Crippen molar-refractivity contribution in [2.24, 2.45) is 23.2 Å². The molecule has 6 rings (SSSR count). The summed E-state index contributed by atoms with van der Waals surface area (Å²) in [6.45, 7) is 2.00. The summed E-state index contributed by atoms with van der Waals surface area (Å²) in [5.74, 6) is 2.17. The van der Waals surface area contributed by atoms with E-state index in [1.165, 1.54) is 42.7 Å². The van der Waals surface area contributed by atoms with Gasteiger partial charge in [0.15, 0.2) is 5.13 Å². The smallest absolute Gasteiger partial charge is 0.232 e. The first-order valence-corrected chi connectivity index (χ1v) is 10.4. The lowest BCUT2D eigenvalue weighted by atomic mass is 9.49. The van der Waals surface area contributed by atoms with Gasteiger partial charge in [-0.1, -0.05) is 0 Å². The van der Waals surface area contributed by atoms with E-state index >= 15 is 0 Å². The van der Waals surface area contributed by atoms with E-state index in [4.69, 9.17) is 0 Å². The summed E-state index contributed by atoms with van der Waals surface area (Å²) in [4.78, 5) is 18.9. The fourth-order valence-corrected chi connectivity index (χ4v) is 6.77. The van der Waals surface area contributed by atoms with E-state index in [9.17, 15) is 9.18 Å². The number of nitrogens with zero attached hydrogens (tertiary/aromatic N) is 1. The van der Waals surface area contributed by atoms with Crippen LogP contribution < -0.4 is 5.32 Å². The Morgan fingerprint density at radius 3 is 2.27 bits per heavy atom. The second kappa shape index (κ2) is 5.88. The fraction of sp³-hybridized carbons (Fsp3) is 0.524. The van der Waals surface area contributed by atoms with Crippen molar-refractivity contribution in [2.75, 3.05) is 5.32 Å². The van der Waals surface area contributed by atoms with Crippen molar-refractivity contribution in [1.82, 2.24) is 4.98 Å². The lowest BCUT2D eigenvalue weighted by molar-refractivity contribution is -0.140.